The van der Waals surface area contributed by atoms with Crippen LogP contribution >= 0.6 is 0 Å². The van der Waals surface area contributed by atoms with Gasteiger partial charge in [-0.05, 0) is 43.4 Å². The van der Waals surface area contributed by atoms with Crippen LogP contribution in [-0.4, -0.2) is 57.0 Å². The molecule has 2 fully saturated rings. The molecule has 2 saturated heterocycles. The molecule has 1 aromatic rings. The summed E-state index contributed by atoms with van der Waals surface area (Å²) in [5.41, 5.74) is 1.09. The SMILES string of the molecule is CCC(CC)C(=O)N(Cc1ccc(OC)c(OCC2(C)COC2)c1)CC1CCCO1. The van der Waals surface area contributed by atoms with Gasteiger partial charge in [0.15, 0.2) is 11.5 Å². The molecule has 1 unspecified atom stereocenters. The summed E-state index contributed by atoms with van der Waals surface area (Å²) in [6.07, 6.45) is 3.94. The van der Waals surface area contributed by atoms with Gasteiger partial charge in [-0.1, -0.05) is 26.8 Å². The molecule has 168 valence electrons. The second-order valence-electron chi connectivity index (χ2n) is 8.94. The number of hydrogen-bond acceptors (Lipinski definition) is 5. The van der Waals surface area contributed by atoms with Crippen molar-refractivity contribution < 1.29 is 23.7 Å². The van der Waals surface area contributed by atoms with Crippen LogP contribution in [0.4, 0.5) is 0 Å². The smallest absolute Gasteiger partial charge is 0.226 e. The predicted octanol–water partition coefficient (Wildman–Crippen LogP) is 4.05. The Morgan fingerprint density at radius 3 is 2.60 bits per heavy atom. The van der Waals surface area contributed by atoms with Crippen molar-refractivity contribution in [3.63, 3.8) is 0 Å². The minimum Gasteiger partial charge on any atom is -0.493 e. The monoisotopic (exact) mass is 419 g/mol. The van der Waals surface area contributed by atoms with Crippen molar-refractivity contribution in [1.29, 1.82) is 0 Å². The molecule has 0 N–H and O–H groups in total. The Kier molecular flexibility index (Phi) is 8.00. The zero-order valence-corrected chi connectivity index (χ0v) is 18.9. The van der Waals surface area contributed by atoms with Crippen molar-refractivity contribution in [1.82, 2.24) is 4.90 Å². The lowest BCUT2D eigenvalue weighted by Gasteiger charge is -2.37. The normalized spacial score (nSPS) is 20.1. The fourth-order valence-corrected chi connectivity index (χ4v) is 4.10. The third-order valence-electron chi connectivity index (χ3n) is 6.17. The summed E-state index contributed by atoms with van der Waals surface area (Å²) < 4.78 is 22.7. The van der Waals surface area contributed by atoms with Gasteiger partial charge in [0.05, 0.1) is 33.0 Å². The second kappa shape index (κ2) is 10.5. The highest BCUT2D eigenvalue weighted by Gasteiger charge is 2.34. The maximum Gasteiger partial charge on any atom is 0.226 e. The molecule has 0 bridgehead atoms. The highest BCUT2D eigenvalue weighted by atomic mass is 16.5. The van der Waals surface area contributed by atoms with Crippen molar-refractivity contribution in [2.75, 3.05) is 40.1 Å². The number of methoxy groups -OCH3 is 1. The van der Waals surface area contributed by atoms with Gasteiger partial charge in [-0.15, -0.1) is 0 Å². The summed E-state index contributed by atoms with van der Waals surface area (Å²) in [5, 5.41) is 0. The molecule has 1 aromatic carbocycles. The minimum absolute atomic E-state index is 0.0539. The highest BCUT2D eigenvalue weighted by molar-refractivity contribution is 5.78. The van der Waals surface area contributed by atoms with Crippen molar-refractivity contribution in [2.45, 2.75) is 59.1 Å². The Labute approximate surface area is 180 Å². The highest BCUT2D eigenvalue weighted by Crippen LogP contribution is 2.33. The van der Waals surface area contributed by atoms with Crippen LogP contribution in [-0.2, 0) is 20.8 Å². The van der Waals surface area contributed by atoms with E-state index < -0.39 is 0 Å². The molecule has 3 rings (SSSR count). The van der Waals surface area contributed by atoms with Gasteiger partial charge in [-0.25, -0.2) is 0 Å². The van der Waals surface area contributed by atoms with Gasteiger partial charge in [0.25, 0.3) is 0 Å². The van der Waals surface area contributed by atoms with Crippen molar-refractivity contribution in [3.05, 3.63) is 23.8 Å². The third-order valence-corrected chi connectivity index (χ3v) is 6.17. The Morgan fingerprint density at radius 1 is 1.27 bits per heavy atom. The van der Waals surface area contributed by atoms with Crippen LogP contribution in [0.25, 0.3) is 0 Å². The molecule has 2 aliphatic rings. The number of ether oxygens (including phenoxy) is 4. The number of nitrogens with zero attached hydrogens (tertiary/aromatic N) is 1. The lowest BCUT2D eigenvalue weighted by molar-refractivity contribution is -0.138. The summed E-state index contributed by atoms with van der Waals surface area (Å²) in [6.45, 7) is 10.3. The van der Waals surface area contributed by atoms with E-state index in [2.05, 4.69) is 20.8 Å². The molecule has 0 aromatic heterocycles. The quantitative estimate of drug-likeness (QED) is 0.541. The molecule has 0 aliphatic carbocycles. The van der Waals surface area contributed by atoms with Gasteiger partial charge in [0.1, 0.15) is 0 Å². The maximum atomic E-state index is 13.2. The van der Waals surface area contributed by atoms with E-state index in [0.29, 0.717) is 38.7 Å². The molecule has 0 saturated carbocycles. The number of amides is 1. The second-order valence-corrected chi connectivity index (χ2v) is 8.94. The number of hydrogen-bond donors (Lipinski definition) is 0. The average molecular weight is 420 g/mol. The molecule has 1 amide bonds. The summed E-state index contributed by atoms with van der Waals surface area (Å²) in [4.78, 5) is 15.2. The van der Waals surface area contributed by atoms with Gasteiger partial charge < -0.3 is 23.8 Å². The van der Waals surface area contributed by atoms with E-state index in [1.807, 2.05) is 23.1 Å². The van der Waals surface area contributed by atoms with E-state index in [4.69, 9.17) is 18.9 Å². The molecule has 6 nitrogen and oxygen atoms in total. The third kappa shape index (κ3) is 5.67. The largest absolute Gasteiger partial charge is 0.493 e. The van der Waals surface area contributed by atoms with Crippen LogP contribution in [0.2, 0.25) is 0 Å². The van der Waals surface area contributed by atoms with Gasteiger partial charge in [-0.3, -0.25) is 4.79 Å². The molecule has 0 spiro atoms. The van der Waals surface area contributed by atoms with Gasteiger partial charge >= 0.3 is 0 Å². The zero-order chi connectivity index (χ0) is 21.6. The van der Waals surface area contributed by atoms with Crippen LogP contribution in [0.1, 0.15) is 52.0 Å². The number of carbonyl (C=O) groups is 1. The topological polar surface area (TPSA) is 57.2 Å². The fourth-order valence-electron chi connectivity index (χ4n) is 4.10. The first-order chi connectivity index (χ1) is 14.5. The molecule has 1 atom stereocenters. The molecule has 30 heavy (non-hydrogen) atoms. The van der Waals surface area contributed by atoms with Gasteiger partial charge in [-0.2, -0.15) is 0 Å². The number of carbonyl (C=O) groups excluding carboxylic acids is 1. The Balaban J connectivity index is 1.74. The summed E-state index contributed by atoms with van der Waals surface area (Å²) >= 11 is 0. The first kappa shape index (κ1) is 22.9. The zero-order valence-electron chi connectivity index (χ0n) is 18.9. The standard InChI is InChI=1S/C24H37NO5/c1-5-19(6-2)23(26)25(14-20-8-7-11-29-20)13-18-9-10-21(27-4)22(12-18)30-17-24(3)15-28-16-24/h9-10,12,19-20H,5-8,11,13-17H2,1-4H3. The molecular weight excluding hydrogens is 382 g/mol. The average Bonchev–Trinajstić information content (AvgIpc) is 3.24. The number of benzene rings is 1. The van der Waals surface area contributed by atoms with Crippen LogP contribution < -0.4 is 9.47 Å². The van der Waals surface area contributed by atoms with E-state index in [0.717, 1.165) is 43.6 Å². The maximum absolute atomic E-state index is 13.2. The first-order valence-corrected chi connectivity index (χ1v) is 11.3. The summed E-state index contributed by atoms with van der Waals surface area (Å²) in [7, 11) is 1.65. The van der Waals surface area contributed by atoms with E-state index in [1.165, 1.54) is 0 Å². The molecular formula is C24H37NO5. The first-order valence-electron chi connectivity index (χ1n) is 11.3. The van der Waals surface area contributed by atoms with Gasteiger partial charge in [0.2, 0.25) is 5.91 Å². The lowest BCUT2D eigenvalue weighted by Crippen LogP contribution is -2.44. The van der Waals surface area contributed by atoms with E-state index in [-0.39, 0.29) is 23.3 Å². The molecule has 0 radical (unpaired) electrons. The summed E-state index contributed by atoms with van der Waals surface area (Å²) in [5.74, 6) is 1.70. The van der Waals surface area contributed by atoms with Crippen molar-refractivity contribution in [2.24, 2.45) is 11.3 Å². The lowest BCUT2D eigenvalue weighted by atomic mass is 9.90. The predicted molar refractivity (Wildman–Crippen MR) is 116 cm³/mol. The van der Waals surface area contributed by atoms with E-state index >= 15 is 0 Å². The van der Waals surface area contributed by atoms with E-state index in [9.17, 15) is 4.79 Å². The summed E-state index contributed by atoms with van der Waals surface area (Å²) in [6, 6.07) is 5.95. The Bertz CT molecular complexity index is 693. The Morgan fingerprint density at radius 2 is 2.03 bits per heavy atom. The van der Waals surface area contributed by atoms with Crippen LogP contribution in [0, 0.1) is 11.3 Å². The van der Waals surface area contributed by atoms with Crippen molar-refractivity contribution in [3.8, 4) is 11.5 Å². The Hall–Kier alpha value is -1.79. The van der Waals surface area contributed by atoms with Crippen LogP contribution in [0.5, 0.6) is 11.5 Å². The minimum atomic E-state index is 0.0539. The molecule has 2 aliphatic heterocycles. The van der Waals surface area contributed by atoms with Crippen LogP contribution in [0.15, 0.2) is 18.2 Å². The molecule has 6 heteroatoms. The van der Waals surface area contributed by atoms with Crippen molar-refractivity contribution >= 4 is 5.91 Å². The number of rotatable bonds is 11. The molecule has 2 heterocycles. The van der Waals surface area contributed by atoms with Gasteiger partial charge in [0, 0.05) is 31.0 Å². The van der Waals surface area contributed by atoms with Crippen LogP contribution in [0.3, 0.4) is 0 Å². The van der Waals surface area contributed by atoms with E-state index in [1.54, 1.807) is 7.11 Å². The fraction of sp³-hybridized carbons (Fsp3) is 0.708.